The van der Waals surface area contributed by atoms with E-state index in [4.69, 9.17) is 17.4 Å². The number of aryl methyl sites for hydroxylation is 1. The van der Waals surface area contributed by atoms with Crippen LogP contribution in [0.25, 0.3) is 0 Å². The van der Waals surface area contributed by atoms with Crippen molar-refractivity contribution >= 4 is 27.5 Å². The van der Waals surface area contributed by atoms with Crippen LogP contribution < -0.4 is 11.3 Å². The van der Waals surface area contributed by atoms with E-state index in [1.54, 1.807) is 0 Å². The fourth-order valence-electron chi connectivity index (χ4n) is 1.97. The molecule has 0 aromatic heterocycles. The van der Waals surface area contributed by atoms with Crippen molar-refractivity contribution in [3.05, 3.63) is 68.7 Å². The molecule has 0 saturated heterocycles. The van der Waals surface area contributed by atoms with Gasteiger partial charge in [0.25, 0.3) is 0 Å². The minimum absolute atomic E-state index is 0.0585. The van der Waals surface area contributed by atoms with E-state index < -0.39 is 0 Å². The van der Waals surface area contributed by atoms with Crippen molar-refractivity contribution in [2.45, 2.75) is 13.0 Å². The summed E-state index contributed by atoms with van der Waals surface area (Å²) < 4.78 is 0.883. The smallest absolute Gasteiger partial charge is 0.0713 e. The average Bonchev–Trinajstić information content (AvgIpc) is 2.37. The summed E-state index contributed by atoms with van der Waals surface area (Å²) in [6.45, 7) is 2.07. The van der Waals surface area contributed by atoms with E-state index in [2.05, 4.69) is 40.4 Å². The summed E-state index contributed by atoms with van der Waals surface area (Å²) in [6.07, 6.45) is 0. The van der Waals surface area contributed by atoms with Gasteiger partial charge < -0.3 is 0 Å². The van der Waals surface area contributed by atoms with Crippen LogP contribution in [0.4, 0.5) is 0 Å². The molecule has 94 valence electrons. The van der Waals surface area contributed by atoms with E-state index in [1.165, 1.54) is 5.56 Å². The predicted molar refractivity (Wildman–Crippen MR) is 79.5 cm³/mol. The SMILES string of the molecule is Cc1ccccc1C(NN)c1ccc(Br)c(Cl)c1. The molecule has 2 nitrogen and oxygen atoms in total. The Kier molecular flexibility index (Phi) is 4.40. The third kappa shape index (κ3) is 2.75. The molecule has 4 heteroatoms. The first-order valence-electron chi connectivity index (χ1n) is 5.60. The Balaban J connectivity index is 2.45. The lowest BCUT2D eigenvalue weighted by Gasteiger charge is -2.19. The summed E-state index contributed by atoms with van der Waals surface area (Å²) in [5, 5.41) is 0.682. The molecule has 0 heterocycles. The molecule has 0 aliphatic carbocycles. The molecule has 0 spiro atoms. The van der Waals surface area contributed by atoms with E-state index in [1.807, 2.05) is 30.3 Å². The van der Waals surface area contributed by atoms with Crippen molar-refractivity contribution in [3.63, 3.8) is 0 Å². The molecule has 2 aromatic rings. The van der Waals surface area contributed by atoms with E-state index in [0.29, 0.717) is 5.02 Å². The fraction of sp³-hybridized carbons (Fsp3) is 0.143. The number of halogens is 2. The van der Waals surface area contributed by atoms with Gasteiger partial charge in [-0.2, -0.15) is 0 Å². The lowest BCUT2D eigenvalue weighted by atomic mass is 9.96. The number of benzene rings is 2. The van der Waals surface area contributed by atoms with Crippen LogP contribution in [0.5, 0.6) is 0 Å². The topological polar surface area (TPSA) is 38.0 Å². The van der Waals surface area contributed by atoms with Gasteiger partial charge in [-0.1, -0.05) is 41.9 Å². The van der Waals surface area contributed by atoms with Gasteiger partial charge in [0.2, 0.25) is 0 Å². The summed E-state index contributed by atoms with van der Waals surface area (Å²) in [5.41, 5.74) is 6.24. The van der Waals surface area contributed by atoms with E-state index >= 15 is 0 Å². The summed E-state index contributed by atoms with van der Waals surface area (Å²) in [7, 11) is 0. The standard InChI is InChI=1S/C14H14BrClN2/c1-9-4-2-3-5-11(9)14(18-17)10-6-7-12(15)13(16)8-10/h2-8,14,18H,17H2,1H3. The van der Waals surface area contributed by atoms with Crippen molar-refractivity contribution in [1.82, 2.24) is 5.43 Å². The fourth-order valence-corrected chi connectivity index (χ4v) is 2.40. The molecule has 18 heavy (non-hydrogen) atoms. The summed E-state index contributed by atoms with van der Waals surface area (Å²) in [5.74, 6) is 5.69. The minimum Gasteiger partial charge on any atom is -0.271 e. The molecule has 1 atom stereocenters. The van der Waals surface area contributed by atoms with Gasteiger partial charge in [-0.15, -0.1) is 0 Å². The maximum absolute atomic E-state index is 6.13. The molecule has 2 aromatic carbocycles. The van der Waals surface area contributed by atoms with Crippen LogP contribution >= 0.6 is 27.5 Å². The zero-order valence-electron chi connectivity index (χ0n) is 9.95. The number of nitrogens with one attached hydrogen (secondary N) is 1. The monoisotopic (exact) mass is 324 g/mol. The van der Waals surface area contributed by atoms with E-state index in [-0.39, 0.29) is 6.04 Å². The van der Waals surface area contributed by atoms with Crippen LogP contribution in [-0.4, -0.2) is 0 Å². The second kappa shape index (κ2) is 5.85. The minimum atomic E-state index is -0.0585. The van der Waals surface area contributed by atoms with Gasteiger partial charge in [0.15, 0.2) is 0 Å². The molecular formula is C14H14BrClN2. The van der Waals surface area contributed by atoms with Crippen LogP contribution in [0, 0.1) is 6.92 Å². The third-order valence-electron chi connectivity index (χ3n) is 2.94. The summed E-state index contributed by atoms with van der Waals surface area (Å²) >= 11 is 9.51. The zero-order chi connectivity index (χ0) is 13.1. The molecular weight excluding hydrogens is 312 g/mol. The first-order valence-corrected chi connectivity index (χ1v) is 6.77. The quantitative estimate of drug-likeness (QED) is 0.662. The Hall–Kier alpha value is -0.870. The molecule has 3 N–H and O–H groups in total. The lowest BCUT2D eigenvalue weighted by Crippen LogP contribution is -2.29. The number of hydrazine groups is 1. The molecule has 1 unspecified atom stereocenters. The predicted octanol–water partition coefficient (Wildman–Crippen LogP) is 3.96. The first-order chi connectivity index (χ1) is 8.63. The highest BCUT2D eigenvalue weighted by atomic mass is 79.9. The average molecular weight is 326 g/mol. The highest BCUT2D eigenvalue weighted by molar-refractivity contribution is 9.10. The number of hydrogen-bond donors (Lipinski definition) is 2. The Labute approximate surface area is 120 Å². The molecule has 0 saturated carbocycles. The molecule has 0 radical (unpaired) electrons. The second-order valence-electron chi connectivity index (χ2n) is 4.13. The van der Waals surface area contributed by atoms with Gasteiger partial charge in [-0.05, 0) is 51.7 Å². The molecule has 0 bridgehead atoms. The van der Waals surface area contributed by atoms with Gasteiger partial charge in [-0.25, -0.2) is 5.43 Å². The summed E-state index contributed by atoms with van der Waals surface area (Å²) in [6, 6.07) is 14.0. The van der Waals surface area contributed by atoms with Crippen molar-refractivity contribution in [3.8, 4) is 0 Å². The van der Waals surface area contributed by atoms with E-state index in [9.17, 15) is 0 Å². The second-order valence-corrected chi connectivity index (χ2v) is 5.39. The number of nitrogens with two attached hydrogens (primary N) is 1. The van der Waals surface area contributed by atoms with Crippen LogP contribution in [0.1, 0.15) is 22.7 Å². The Morgan fingerprint density at radius 3 is 2.56 bits per heavy atom. The van der Waals surface area contributed by atoms with Gasteiger partial charge in [-0.3, -0.25) is 5.84 Å². The zero-order valence-corrected chi connectivity index (χ0v) is 12.3. The highest BCUT2D eigenvalue weighted by Gasteiger charge is 2.15. The van der Waals surface area contributed by atoms with Crippen LogP contribution in [-0.2, 0) is 0 Å². The van der Waals surface area contributed by atoms with Crippen molar-refractivity contribution in [2.24, 2.45) is 5.84 Å². The van der Waals surface area contributed by atoms with Crippen LogP contribution in [0.2, 0.25) is 5.02 Å². The first kappa shape index (κ1) is 13.6. The van der Waals surface area contributed by atoms with Crippen LogP contribution in [0.15, 0.2) is 46.9 Å². The largest absolute Gasteiger partial charge is 0.271 e. The molecule has 0 fully saturated rings. The van der Waals surface area contributed by atoms with Crippen LogP contribution in [0.3, 0.4) is 0 Å². The summed E-state index contributed by atoms with van der Waals surface area (Å²) in [4.78, 5) is 0. The Bertz CT molecular complexity index is 557. The normalized spacial score (nSPS) is 12.4. The highest BCUT2D eigenvalue weighted by Crippen LogP contribution is 2.29. The van der Waals surface area contributed by atoms with Gasteiger partial charge in [0.1, 0.15) is 0 Å². The van der Waals surface area contributed by atoms with Gasteiger partial charge >= 0.3 is 0 Å². The van der Waals surface area contributed by atoms with Crippen molar-refractivity contribution in [2.75, 3.05) is 0 Å². The number of hydrogen-bond acceptors (Lipinski definition) is 2. The Morgan fingerprint density at radius 1 is 1.22 bits per heavy atom. The van der Waals surface area contributed by atoms with E-state index in [0.717, 1.165) is 15.6 Å². The van der Waals surface area contributed by atoms with Crippen molar-refractivity contribution in [1.29, 1.82) is 0 Å². The third-order valence-corrected chi connectivity index (χ3v) is 4.18. The maximum atomic E-state index is 6.13. The Morgan fingerprint density at radius 2 is 1.94 bits per heavy atom. The molecule has 0 aliphatic heterocycles. The molecule has 0 aliphatic rings. The van der Waals surface area contributed by atoms with Gasteiger partial charge in [0.05, 0.1) is 11.1 Å². The van der Waals surface area contributed by atoms with Crippen molar-refractivity contribution < 1.29 is 0 Å². The molecule has 0 amide bonds. The lowest BCUT2D eigenvalue weighted by molar-refractivity contribution is 0.633. The van der Waals surface area contributed by atoms with Gasteiger partial charge in [0, 0.05) is 4.47 Å². The molecule has 2 rings (SSSR count). The maximum Gasteiger partial charge on any atom is 0.0713 e. The number of rotatable bonds is 3.